The molecule has 2 aromatic rings. The average molecular weight is 429 g/mol. The van der Waals surface area contributed by atoms with Crippen LogP contribution >= 0.6 is 11.6 Å². The molecule has 0 radical (unpaired) electrons. The Morgan fingerprint density at radius 3 is 2.40 bits per heavy atom. The van der Waals surface area contributed by atoms with Crippen LogP contribution in [0.25, 0.3) is 0 Å². The maximum atomic E-state index is 12.5. The molecule has 3 rings (SSSR count). The lowest BCUT2D eigenvalue weighted by Crippen LogP contribution is -2.38. The van der Waals surface area contributed by atoms with Gasteiger partial charge in [0.1, 0.15) is 0 Å². The van der Waals surface area contributed by atoms with Crippen molar-refractivity contribution in [3.8, 4) is 0 Å². The van der Waals surface area contributed by atoms with Crippen LogP contribution in [0.3, 0.4) is 0 Å². The molecule has 1 aliphatic heterocycles. The van der Waals surface area contributed by atoms with Crippen molar-refractivity contribution in [1.29, 1.82) is 0 Å². The zero-order valence-electron chi connectivity index (χ0n) is 17.1. The van der Waals surface area contributed by atoms with Gasteiger partial charge >= 0.3 is 6.03 Å². The fourth-order valence-corrected chi connectivity index (χ4v) is 3.83. The van der Waals surface area contributed by atoms with Gasteiger partial charge < -0.3 is 15.5 Å². The van der Waals surface area contributed by atoms with E-state index in [0.29, 0.717) is 29.6 Å². The molecular formula is C23H29ClN4O2. The Morgan fingerprint density at radius 1 is 1.00 bits per heavy atom. The molecule has 2 heterocycles. The lowest BCUT2D eigenvalue weighted by atomic mass is 9.91. The molecule has 0 aliphatic carbocycles. The van der Waals surface area contributed by atoms with E-state index >= 15 is 0 Å². The topological polar surface area (TPSA) is 74.3 Å². The first-order valence-electron chi connectivity index (χ1n) is 10.6. The largest absolute Gasteiger partial charge is 0.339 e. The van der Waals surface area contributed by atoms with Crippen LogP contribution in [0.5, 0.6) is 0 Å². The van der Waals surface area contributed by atoms with Gasteiger partial charge in [0.25, 0.3) is 5.91 Å². The van der Waals surface area contributed by atoms with Crippen molar-refractivity contribution in [3.05, 3.63) is 64.9 Å². The van der Waals surface area contributed by atoms with Gasteiger partial charge in [-0.3, -0.25) is 9.78 Å². The minimum absolute atomic E-state index is 0.102. The van der Waals surface area contributed by atoms with Crippen LogP contribution in [0.2, 0.25) is 5.02 Å². The Bertz CT molecular complexity index is 806. The van der Waals surface area contributed by atoms with Gasteiger partial charge in [-0.25, -0.2) is 4.79 Å². The van der Waals surface area contributed by atoms with Crippen molar-refractivity contribution < 1.29 is 9.59 Å². The Balaban J connectivity index is 1.24. The van der Waals surface area contributed by atoms with Crippen molar-refractivity contribution in [2.24, 2.45) is 5.92 Å². The van der Waals surface area contributed by atoms with Crippen LogP contribution in [0, 0.1) is 5.92 Å². The number of urea groups is 1. The third-order valence-corrected chi connectivity index (χ3v) is 5.77. The molecular weight excluding hydrogens is 400 g/mol. The van der Waals surface area contributed by atoms with Gasteiger partial charge in [0.05, 0.1) is 0 Å². The average Bonchev–Trinajstić information content (AvgIpc) is 2.79. The molecule has 1 saturated heterocycles. The monoisotopic (exact) mass is 428 g/mol. The number of piperidine rings is 1. The summed E-state index contributed by atoms with van der Waals surface area (Å²) in [5.41, 5.74) is 1.73. The number of nitrogens with one attached hydrogen (secondary N) is 2. The number of hydrogen-bond acceptors (Lipinski definition) is 3. The first-order chi connectivity index (χ1) is 14.6. The van der Waals surface area contributed by atoms with E-state index in [1.165, 1.54) is 0 Å². The second-order valence-electron chi connectivity index (χ2n) is 7.70. The molecule has 30 heavy (non-hydrogen) atoms. The zero-order chi connectivity index (χ0) is 21.2. The number of benzene rings is 1. The Hall–Kier alpha value is -2.60. The minimum atomic E-state index is -0.145. The molecule has 0 bridgehead atoms. The van der Waals surface area contributed by atoms with Crippen molar-refractivity contribution in [3.63, 3.8) is 0 Å². The van der Waals surface area contributed by atoms with Crippen LogP contribution in [0.15, 0.2) is 48.8 Å². The molecule has 1 fully saturated rings. The number of hydrogen-bond donors (Lipinski definition) is 2. The summed E-state index contributed by atoms with van der Waals surface area (Å²) >= 11 is 5.86. The fourth-order valence-electron chi connectivity index (χ4n) is 3.71. The molecule has 3 amide bonds. The van der Waals surface area contributed by atoms with E-state index in [9.17, 15) is 9.59 Å². The molecule has 0 spiro atoms. The van der Waals surface area contributed by atoms with E-state index in [4.69, 9.17) is 11.6 Å². The van der Waals surface area contributed by atoms with Crippen molar-refractivity contribution in [2.75, 3.05) is 19.6 Å². The van der Waals surface area contributed by atoms with E-state index in [2.05, 4.69) is 15.6 Å². The molecule has 7 heteroatoms. The number of carbonyl (C=O) groups excluding carboxylic acids is 2. The normalized spacial score (nSPS) is 14.4. The molecule has 0 saturated carbocycles. The second-order valence-corrected chi connectivity index (χ2v) is 8.14. The van der Waals surface area contributed by atoms with Crippen LogP contribution in [0.1, 0.15) is 48.0 Å². The number of amides is 3. The molecule has 0 unspecified atom stereocenters. The summed E-state index contributed by atoms with van der Waals surface area (Å²) < 4.78 is 0. The van der Waals surface area contributed by atoms with E-state index in [0.717, 1.165) is 50.8 Å². The number of nitrogens with zero attached hydrogens (tertiary/aromatic N) is 2. The van der Waals surface area contributed by atoms with E-state index < -0.39 is 0 Å². The first-order valence-corrected chi connectivity index (χ1v) is 10.9. The summed E-state index contributed by atoms with van der Waals surface area (Å²) in [7, 11) is 0. The summed E-state index contributed by atoms with van der Waals surface area (Å²) in [6.45, 7) is 2.79. The standard InChI is InChI=1S/C23H29ClN4O2/c24-21-6-4-19(5-7-21)17-27-23(30)26-12-2-1-3-18-10-15-28(16-11-18)22(29)20-8-13-25-14-9-20/h4-9,13-14,18H,1-3,10-12,15-17H2,(H2,26,27,30). The van der Waals surface area contributed by atoms with Gasteiger partial charge in [-0.05, 0) is 55.0 Å². The van der Waals surface area contributed by atoms with Gasteiger partial charge in [-0.15, -0.1) is 0 Å². The number of halogens is 1. The van der Waals surface area contributed by atoms with E-state index in [-0.39, 0.29) is 11.9 Å². The summed E-state index contributed by atoms with van der Waals surface area (Å²) in [5, 5.41) is 6.45. The van der Waals surface area contributed by atoms with Gasteiger partial charge in [0.2, 0.25) is 0 Å². The Morgan fingerprint density at radius 2 is 1.70 bits per heavy atom. The maximum Gasteiger partial charge on any atom is 0.315 e. The number of rotatable bonds is 8. The van der Waals surface area contributed by atoms with Gasteiger partial charge in [0.15, 0.2) is 0 Å². The number of unbranched alkanes of at least 4 members (excludes halogenated alkanes) is 1. The van der Waals surface area contributed by atoms with Gasteiger partial charge in [-0.1, -0.05) is 36.6 Å². The van der Waals surface area contributed by atoms with Crippen LogP contribution in [-0.4, -0.2) is 41.5 Å². The smallest absolute Gasteiger partial charge is 0.315 e. The SMILES string of the molecule is O=C(NCCCCC1CCN(C(=O)c2ccncc2)CC1)NCc1ccc(Cl)cc1. The maximum absolute atomic E-state index is 12.5. The molecule has 0 atom stereocenters. The summed E-state index contributed by atoms with van der Waals surface area (Å²) in [6.07, 6.45) is 8.60. The third kappa shape index (κ3) is 7.02. The van der Waals surface area contributed by atoms with E-state index in [1.54, 1.807) is 24.5 Å². The second kappa shape index (κ2) is 11.6. The number of pyridine rings is 1. The van der Waals surface area contributed by atoms with Gasteiger partial charge in [-0.2, -0.15) is 0 Å². The number of aromatic nitrogens is 1. The van der Waals surface area contributed by atoms with E-state index in [1.807, 2.05) is 29.2 Å². The molecule has 1 aromatic carbocycles. The highest BCUT2D eigenvalue weighted by atomic mass is 35.5. The summed E-state index contributed by atoms with van der Waals surface area (Å²) in [6, 6.07) is 10.8. The van der Waals surface area contributed by atoms with Gasteiger partial charge in [0, 0.05) is 49.2 Å². The highest BCUT2D eigenvalue weighted by molar-refractivity contribution is 6.30. The molecule has 6 nitrogen and oxygen atoms in total. The number of carbonyl (C=O) groups is 2. The molecule has 160 valence electrons. The fraction of sp³-hybridized carbons (Fsp3) is 0.435. The van der Waals surface area contributed by atoms with Crippen LogP contribution in [0.4, 0.5) is 4.79 Å². The zero-order valence-corrected chi connectivity index (χ0v) is 17.9. The Kier molecular flexibility index (Phi) is 8.51. The lowest BCUT2D eigenvalue weighted by molar-refractivity contribution is 0.0685. The highest BCUT2D eigenvalue weighted by Gasteiger charge is 2.23. The molecule has 2 N–H and O–H groups in total. The van der Waals surface area contributed by atoms with Crippen LogP contribution < -0.4 is 10.6 Å². The van der Waals surface area contributed by atoms with Crippen LogP contribution in [-0.2, 0) is 6.54 Å². The summed E-state index contributed by atoms with van der Waals surface area (Å²) in [4.78, 5) is 30.3. The summed E-state index contributed by atoms with van der Waals surface area (Å²) in [5.74, 6) is 0.759. The predicted octanol–water partition coefficient (Wildman–Crippen LogP) is 4.26. The highest BCUT2D eigenvalue weighted by Crippen LogP contribution is 2.23. The third-order valence-electron chi connectivity index (χ3n) is 5.52. The predicted molar refractivity (Wildman–Crippen MR) is 118 cm³/mol. The van der Waals surface area contributed by atoms with Crippen molar-refractivity contribution >= 4 is 23.5 Å². The quantitative estimate of drug-likeness (QED) is 0.617. The van der Waals surface area contributed by atoms with Crippen molar-refractivity contribution in [1.82, 2.24) is 20.5 Å². The molecule has 1 aliphatic rings. The number of likely N-dealkylation sites (tertiary alicyclic amines) is 1. The molecule has 1 aromatic heterocycles. The lowest BCUT2D eigenvalue weighted by Gasteiger charge is -2.32. The Labute approximate surface area is 183 Å². The first kappa shape index (κ1) is 22.1. The van der Waals surface area contributed by atoms with Crippen molar-refractivity contribution in [2.45, 2.75) is 38.6 Å². The minimum Gasteiger partial charge on any atom is -0.339 e.